The summed E-state index contributed by atoms with van der Waals surface area (Å²) in [5, 5.41) is 0. The Bertz CT molecular complexity index is 778. The Kier molecular flexibility index (Phi) is 5.38. The van der Waals surface area contributed by atoms with E-state index in [1.807, 2.05) is 11.0 Å². The predicted molar refractivity (Wildman–Crippen MR) is 103 cm³/mol. The van der Waals surface area contributed by atoms with Gasteiger partial charge in [0.1, 0.15) is 5.82 Å². The van der Waals surface area contributed by atoms with Crippen LogP contribution in [0.15, 0.2) is 36.7 Å². The number of piperidine rings is 1. The first kappa shape index (κ1) is 18.0. The normalized spacial score (nSPS) is 18.7. The Hall–Kier alpha value is -2.41. The molecule has 1 aromatic heterocycles. The van der Waals surface area contributed by atoms with Crippen LogP contribution in [-0.4, -0.2) is 71.1 Å². The van der Waals surface area contributed by atoms with Gasteiger partial charge in [0.05, 0.1) is 12.2 Å². The number of imidazole rings is 1. The molecule has 0 radical (unpaired) electrons. The van der Waals surface area contributed by atoms with Crippen LogP contribution < -0.4 is 4.90 Å². The van der Waals surface area contributed by atoms with Gasteiger partial charge in [-0.15, -0.1) is 0 Å². The number of nitrogens with zero attached hydrogens (tertiary/aromatic N) is 5. The number of carbonyl (C=O) groups excluding carboxylic acids is 1. The van der Waals surface area contributed by atoms with Gasteiger partial charge in [0.15, 0.2) is 0 Å². The van der Waals surface area contributed by atoms with Gasteiger partial charge < -0.3 is 9.80 Å². The summed E-state index contributed by atoms with van der Waals surface area (Å²) in [6.45, 7) is 5.47. The van der Waals surface area contributed by atoms with Crippen molar-refractivity contribution in [1.82, 2.24) is 19.4 Å². The van der Waals surface area contributed by atoms with Gasteiger partial charge in [0.2, 0.25) is 11.9 Å². The first-order chi connectivity index (χ1) is 13.2. The lowest BCUT2D eigenvalue weighted by Gasteiger charge is -2.36. The van der Waals surface area contributed by atoms with E-state index in [4.69, 9.17) is 0 Å². The van der Waals surface area contributed by atoms with E-state index in [9.17, 15) is 9.18 Å². The second-order valence-corrected chi connectivity index (χ2v) is 7.25. The lowest BCUT2D eigenvalue weighted by atomic mass is 10.1. The highest BCUT2D eigenvalue weighted by atomic mass is 19.1. The Morgan fingerprint density at radius 2 is 1.74 bits per heavy atom. The van der Waals surface area contributed by atoms with Crippen LogP contribution in [0.5, 0.6) is 0 Å². The Morgan fingerprint density at radius 3 is 2.48 bits per heavy atom. The molecule has 2 saturated heterocycles. The highest BCUT2D eigenvalue weighted by molar-refractivity contribution is 5.78. The molecule has 0 N–H and O–H groups in total. The monoisotopic (exact) mass is 371 g/mol. The fourth-order valence-corrected chi connectivity index (χ4v) is 3.91. The lowest BCUT2D eigenvalue weighted by molar-refractivity contribution is -0.133. The second kappa shape index (κ2) is 8.08. The number of benzene rings is 1. The minimum Gasteiger partial charge on any atom is -0.342 e. The van der Waals surface area contributed by atoms with Crippen LogP contribution in [0.2, 0.25) is 0 Å². The molecule has 4 rings (SSSR count). The largest absolute Gasteiger partial charge is 0.342 e. The molecular formula is C20H26FN5O. The molecule has 7 heteroatoms. The molecule has 2 fully saturated rings. The van der Waals surface area contributed by atoms with Crippen molar-refractivity contribution in [1.29, 1.82) is 0 Å². The third kappa shape index (κ3) is 3.98. The van der Waals surface area contributed by atoms with E-state index in [2.05, 4.69) is 14.8 Å². The molecule has 1 aromatic carbocycles. The van der Waals surface area contributed by atoms with Gasteiger partial charge in [-0.3, -0.25) is 14.3 Å². The third-order valence-corrected chi connectivity index (χ3v) is 5.46. The van der Waals surface area contributed by atoms with E-state index in [0.717, 1.165) is 58.1 Å². The highest BCUT2D eigenvalue weighted by Crippen LogP contribution is 2.21. The number of hydrogen-bond donors (Lipinski definition) is 0. The van der Waals surface area contributed by atoms with Crippen molar-refractivity contribution in [3.05, 3.63) is 42.5 Å². The zero-order valence-corrected chi connectivity index (χ0v) is 15.6. The van der Waals surface area contributed by atoms with E-state index >= 15 is 0 Å². The standard InChI is InChI=1S/C20H26FN5O/c21-17-6-2-3-7-18(17)26-11-8-22-20(26)25-14-12-23(13-15-25)16-19(27)24-9-4-1-5-10-24/h2-3,6-8,11H,1,4-5,9-10,12-16H2. The van der Waals surface area contributed by atoms with Crippen molar-refractivity contribution in [3.8, 4) is 5.69 Å². The number of rotatable bonds is 4. The summed E-state index contributed by atoms with van der Waals surface area (Å²) >= 11 is 0. The number of para-hydroxylation sites is 1. The molecule has 27 heavy (non-hydrogen) atoms. The Morgan fingerprint density at radius 1 is 1.00 bits per heavy atom. The summed E-state index contributed by atoms with van der Waals surface area (Å²) in [5.41, 5.74) is 0.507. The molecule has 2 aliphatic heterocycles. The molecule has 0 bridgehead atoms. The van der Waals surface area contributed by atoms with Crippen LogP contribution in [0, 0.1) is 5.82 Å². The number of halogens is 1. The quantitative estimate of drug-likeness (QED) is 0.826. The predicted octanol–water partition coefficient (Wildman–Crippen LogP) is 2.15. The summed E-state index contributed by atoms with van der Waals surface area (Å²) in [6, 6.07) is 6.73. The number of amides is 1. The summed E-state index contributed by atoms with van der Waals surface area (Å²) in [5.74, 6) is 0.737. The van der Waals surface area contributed by atoms with Crippen molar-refractivity contribution in [2.24, 2.45) is 0 Å². The molecule has 0 aliphatic carbocycles. The molecular weight excluding hydrogens is 345 g/mol. The zero-order valence-electron chi connectivity index (χ0n) is 15.6. The number of piperazine rings is 1. The van der Waals surface area contributed by atoms with Gasteiger partial charge in [-0.05, 0) is 31.4 Å². The van der Waals surface area contributed by atoms with Gasteiger partial charge in [0.25, 0.3) is 0 Å². The number of carbonyl (C=O) groups is 1. The molecule has 144 valence electrons. The Labute approximate surface area is 159 Å². The van der Waals surface area contributed by atoms with Crippen molar-refractivity contribution >= 4 is 11.9 Å². The number of likely N-dealkylation sites (tertiary alicyclic amines) is 1. The molecule has 3 heterocycles. The highest BCUT2D eigenvalue weighted by Gasteiger charge is 2.25. The van der Waals surface area contributed by atoms with E-state index in [-0.39, 0.29) is 11.7 Å². The lowest BCUT2D eigenvalue weighted by Crippen LogP contribution is -2.51. The summed E-state index contributed by atoms with van der Waals surface area (Å²) < 4.78 is 16.0. The maximum Gasteiger partial charge on any atom is 0.236 e. The number of aromatic nitrogens is 2. The summed E-state index contributed by atoms with van der Waals surface area (Å²) in [4.78, 5) is 23.3. The smallest absolute Gasteiger partial charge is 0.236 e. The average molecular weight is 371 g/mol. The van der Waals surface area contributed by atoms with Crippen molar-refractivity contribution in [2.75, 3.05) is 50.7 Å². The number of anilines is 1. The van der Waals surface area contributed by atoms with E-state index in [0.29, 0.717) is 12.2 Å². The molecule has 0 atom stereocenters. The second-order valence-electron chi connectivity index (χ2n) is 7.25. The average Bonchev–Trinajstić information content (AvgIpc) is 3.19. The molecule has 1 amide bonds. The maximum atomic E-state index is 14.2. The van der Waals surface area contributed by atoms with Crippen LogP contribution in [0.4, 0.5) is 10.3 Å². The molecule has 2 aliphatic rings. The van der Waals surface area contributed by atoms with E-state index in [1.165, 1.54) is 12.5 Å². The van der Waals surface area contributed by atoms with Crippen molar-refractivity contribution in [2.45, 2.75) is 19.3 Å². The summed E-state index contributed by atoms with van der Waals surface area (Å²) in [7, 11) is 0. The van der Waals surface area contributed by atoms with Crippen LogP contribution in [0.3, 0.4) is 0 Å². The molecule has 6 nitrogen and oxygen atoms in total. The maximum absolute atomic E-state index is 14.2. The molecule has 0 unspecified atom stereocenters. The first-order valence-corrected chi connectivity index (χ1v) is 9.76. The van der Waals surface area contributed by atoms with Crippen molar-refractivity contribution in [3.63, 3.8) is 0 Å². The van der Waals surface area contributed by atoms with Crippen LogP contribution in [0.1, 0.15) is 19.3 Å². The Balaban J connectivity index is 1.37. The van der Waals surface area contributed by atoms with Crippen LogP contribution >= 0.6 is 0 Å². The topological polar surface area (TPSA) is 44.6 Å². The van der Waals surface area contributed by atoms with Gasteiger partial charge in [-0.1, -0.05) is 12.1 Å². The van der Waals surface area contributed by atoms with Gasteiger partial charge in [0, 0.05) is 51.7 Å². The van der Waals surface area contributed by atoms with Gasteiger partial charge >= 0.3 is 0 Å². The van der Waals surface area contributed by atoms with Crippen LogP contribution in [-0.2, 0) is 4.79 Å². The third-order valence-electron chi connectivity index (χ3n) is 5.46. The molecule has 0 spiro atoms. The zero-order chi connectivity index (χ0) is 18.6. The summed E-state index contributed by atoms with van der Waals surface area (Å²) in [6.07, 6.45) is 6.97. The van der Waals surface area contributed by atoms with Gasteiger partial charge in [-0.25, -0.2) is 9.37 Å². The van der Waals surface area contributed by atoms with Crippen LogP contribution in [0.25, 0.3) is 5.69 Å². The number of hydrogen-bond acceptors (Lipinski definition) is 4. The minimum atomic E-state index is -0.262. The van der Waals surface area contributed by atoms with Gasteiger partial charge in [-0.2, -0.15) is 0 Å². The van der Waals surface area contributed by atoms with Crippen molar-refractivity contribution < 1.29 is 9.18 Å². The van der Waals surface area contributed by atoms with E-state index < -0.39 is 0 Å². The molecule has 2 aromatic rings. The fraction of sp³-hybridized carbons (Fsp3) is 0.500. The first-order valence-electron chi connectivity index (χ1n) is 9.76. The SMILES string of the molecule is O=C(CN1CCN(c2nccn2-c2ccccc2F)CC1)N1CCCCC1. The fourth-order valence-electron chi connectivity index (χ4n) is 3.91. The van der Waals surface area contributed by atoms with E-state index in [1.54, 1.807) is 29.1 Å². The minimum absolute atomic E-state index is 0.246. The molecule has 0 saturated carbocycles.